The Hall–Kier alpha value is -1.88. The Balaban J connectivity index is 1.96. The van der Waals surface area contributed by atoms with Crippen LogP contribution < -0.4 is 10.6 Å². The summed E-state index contributed by atoms with van der Waals surface area (Å²) in [5, 5.41) is 5.43. The molecule has 0 saturated heterocycles. The summed E-state index contributed by atoms with van der Waals surface area (Å²) in [7, 11) is 0. The first-order valence-corrected chi connectivity index (χ1v) is 5.77. The highest BCUT2D eigenvalue weighted by atomic mass is 79.9. The number of carbonyl (C=O) groups is 1. The molecule has 1 aromatic carbocycles. The van der Waals surface area contributed by atoms with Crippen molar-refractivity contribution in [1.82, 2.24) is 4.98 Å². The molecule has 0 bridgehead atoms. The molecule has 1 heterocycles. The van der Waals surface area contributed by atoms with Gasteiger partial charge in [0, 0.05) is 28.2 Å². The van der Waals surface area contributed by atoms with Crippen LogP contribution in [0.25, 0.3) is 0 Å². The summed E-state index contributed by atoms with van der Waals surface area (Å²) in [6.45, 7) is 0. The van der Waals surface area contributed by atoms with Gasteiger partial charge in [-0.15, -0.1) is 0 Å². The van der Waals surface area contributed by atoms with Crippen molar-refractivity contribution in [2.75, 3.05) is 10.6 Å². The van der Waals surface area contributed by atoms with E-state index in [-0.39, 0.29) is 6.03 Å². The third-order valence-electron chi connectivity index (χ3n) is 2.04. The predicted molar refractivity (Wildman–Crippen MR) is 71.0 cm³/mol. The molecule has 2 amide bonds. The summed E-state index contributed by atoms with van der Waals surface area (Å²) < 4.78 is 0.970. The molecule has 2 N–H and O–H groups in total. The standard InChI is InChI=1S/C12H10BrN3O/c13-9-1-3-10(4-2-9)15-12(17)16-11-5-7-14-8-6-11/h1-8H,(H2,14,15,16,17). The fraction of sp³-hybridized carbons (Fsp3) is 0. The average Bonchev–Trinajstić information content (AvgIpc) is 2.33. The van der Waals surface area contributed by atoms with Crippen molar-refractivity contribution in [3.8, 4) is 0 Å². The SMILES string of the molecule is O=C(Nc1ccncc1)Nc1ccc(Br)cc1. The van der Waals surface area contributed by atoms with Gasteiger partial charge in [-0.25, -0.2) is 4.79 Å². The van der Waals surface area contributed by atoms with Gasteiger partial charge in [-0.1, -0.05) is 15.9 Å². The van der Waals surface area contributed by atoms with Gasteiger partial charge < -0.3 is 10.6 Å². The van der Waals surface area contributed by atoms with Crippen molar-refractivity contribution in [3.05, 3.63) is 53.3 Å². The zero-order chi connectivity index (χ0) is 12.1. The van der Waals surface area contributed by atoms with Crippen molar-refractivity contribution in [2.24, 2.45) is 0 Å². The number of urea groups is 1. The maximum atomic E-state index is 11.6. The number of anilines is 2. The number of aromatic nitrogens is 1. The maximum Gasteiger partial charge on any atom is 0.323 e. The molecule has 2 rings (SSSR count). The van der Waals surface area contributed by atoms with E-state index >= 15 is 0 Å². The number of hydrogen-bond donors (Lipinski definition) is 2. The first-order chi connectivity index (χ1) is 8.24. The number of amides is 2. The number of carbonyl (C=O) groups excluding carboxylic acids is 1. The smallest absolute Gasteiger partial charge is 0.308 e. The number of benzene rings is 1. The van der Waals surface area contributed by atoms with E-state index in [1.807, 2.05) is 24.3 Å². The zero-order valence-corrected chi connectivity index (χ0v) is 10.4. The largest absolute Gasteiger partial charge is 0.323 e. The van der Waals surface area contributed by atoms with Gasteiger partial charge in [0.05, 0.1) is 0 Å². The van der Waals surface area contributed by atoms with Crippen LogP contribution in [0.3, 0.4) is 0 Å². The van der Waals surface area contributed by atoms with Gasteiger partial charge in [-0.05, 0) is 36.4 Å². The number of hydrogen-bond acceptors (Lipinski definition) is 2. The summed E-state index contributed by atoms with van der Waals surface area (Å²) in [6, 6.07) is 10.5. The third-order valence-corrected chi connectivity index (χ3v) is 2.57. The van der Waals surface area contributed by atoms with E-state index < -0.39 is 0 Å². The molecule has 86 valence electrons. The minimum absolute atomic E-state index is 0.279. The molecule has 4 nitrogen and oxygen atoms in total. The lowest BCUT2D eigenvalue weighted by atomic mass is 10.3. The summed E-state index contributed by atoms with van der Waals surface area (Å²) in [6.07, 6.45) is 3.24. The Morgan fingerprint density at radius 1 is 0.941 bits per heavy atom. The molecule has 17 heavy (non-hydrogen) atoms. The van der Waals surface area contributed by atoms with Gasteiger partial charge in [0.25, 0.3) is 0 Å². The Morgan fingerprint density at radius 2 is 1.47 bits per heavy atom. The third kappa shape index (κ3) is 3.57. The van der Waals surface area contributed by atoms with Gasteiger partial charge in [0.1, 0.15) is 0 Å². The van der Waals surface area contributed by atoms with Gasteiger partial charge in [-0.2, -0.15) is 0 Å². The molecule has 0 spiro atoms. The van der Waals surface area contributed by atoms with E-state index in [0.717, 1.165) is 10.2 Å². The van der Waals surface area contributed by atoms with E-state index in [1.54, 1.807) is 24.5 Å². The molecular formula is C12H10BrN3O. The lowest BCUT2D eigenvalue weighted by Crippen LogP contribution is -2.19. The lowest BCUT2D eigenvalue weighted by molar-refractivity contribution is 0.262. The van der Waals surface area contributed by atoms with Crippen molar-refractivity contribution in [2.45, 2.75) is 0 Å². The van der Waals surface area contributed by atoms with Crippen molar-refractivity contribution in [1.29, 1.82) is 0 Å². The average molecular weight is 292 g/mol. The second kappa shape index (κ2) is 5.45. The van der Waals surface area contributed by atoms with Gasteiger partial charge in [0.2, 0.25) is 0 Å². The van der Waals surface area contributed by atoms with Crippen LogP contribution in [0, 0.1) is 0 Å². The summed E-state index contributed by atoms with van der Waals surface area (Å²) in [5.41, 5.74) is 1.44. The lowest BCUT2D eigenvalue weighted by Gasteiger charge is -2.07. The fourth-order valence-corrected chi connectivity index (χ4v) is 1.53. The van der Waals surface area contributed by atoms with Crippen molar-refractivity contribution < 1.29 is 4.79 Å². The summed E-state index contributed by atoms with van der Waals surface area (Å²) >= 11 is 3.33. The molecule has 0 fully saturated rings. The summed E-state index contributed by atoms with van der Waals surface area (Å²) in [5.74, 6) is 0. The number of nitrogens with one attached hydrogen (secondary N) is 2. The highest BCUT2D eigenvalue weighted by molar-refractivity contribution is 9.10. The van der Waals surface area contributed by atoms with Crippen LogP contribution in [0.4, 0.5) is 16.2 Å². The van der Waals surface area contributed by atoms with Crippen LogP contribution in [0.2, 0.25) is 0 Å². The Morgan fingerprint density at radius 3 is 2.06 bits per heavy atom. The van der Waals surface area contributed by atoms with Crippen molar-refractivity contribution in [3.63, 3.8) is 0 Å². The first-order valence-electron chi connectivity index (χ1n) is 4.97. The second-order valence-electron chi connectivity index (χ2n) is 3.32. The van der Waals surface area contributed by atoms with Crippen LogP contribution in [-0.4, -0.2) is 11.0 Å². The van der Waals surface area contributed by atoms with E-state index in [0.29, 0.717) is 5.69 Å². The minimum atomic E-state index is -0.279. The van der Waals surface area contributed by atoms with Gasteiger partial charge in [-0.3, -0.25) is 4.98 Å². The molecule has 0 radical (unpaired) electrons. The normalized spacial score (nSPS) is 9.71. The predicted octanol–water partition coefficient (Wildman–Crippen LogP) is 3.49. The minimum Gasteiger partial charge on any atom is -0.308 e. The van der Waals surface area contributed by atoms with E-state index in [1.165, 1.54) is 0 Å². The Labute approximate surface area is 107 Å². The zero-order valence-electron chi connectivity index (χ0n) is 8.85. The van der Waals surface area contributed by atoms with Crippen LogP contribution in [-0.2, 0) is 0 Å². The van der Waals surface area contributed by atoms with E-state index in [2.05, 4.69) is 31.5 Å². The molecule has 0 saturated carbocycles. The quantitative estimate of drug-likeness (QED) is 0.890. The topological polar surface area (TPSA) is 54.0 Å². The molecule has 0 unspecified atom stereocenters. The number of rotatable bonds is 2. The first kappa shape index (κ1) is 11.6. The monoisotopic (exact) mass is 291 g/mol. The highest BCUT2D eigenvalue weighted by Gasteiger charge is 2.01. The Kier molecular flexibility index (Phi) is 3.72. The van der Waals surface area contributed by atoms with Crippen LogP contribution in [0.1, 0.15) is 0 Å². The van der Waals surface area contributed by atoms with Crippen LogP contribution in [0.5, 0.6) is 0 Å². The van der Waals surface area contributed by atoms with Crippen molar-refractivity contribution >= 4 is 33.3 Å². The van der Waals surface area contributed by atoms with Gasteiger partial charge >= 0.3 is 6.03 Å². The maximum absolute atomic E-state index is 11.6. The molecule has 0 aliphatic carbocycles. The molecule has 2 aromatic rings. The van der Waals surface area contributed by atoms with E-state index in [4.69, 9.17) is 0 Å². The van der Waals surface area contributed by atoms with Gasteiger partial charge in [0.15, 0.2) is 0 Å². The van der Waals surface area contributed by atoms with E-state index in [9.17, 15) is 4.79 Å². The second-order valence-corrected chi connectivity index (χ2v) is 4.24. The number of pyridine rings is 1. The molecule has 1 aromatic heterocycles. The number of halogens is 1. The summed E-state index contributed by atoms with van der Waals surface area (Å²) in [4.78, 5) is 15.5. The van der Waals surface area contributed by atoms with Crippen LogP contribution >= 0.6 is 15.9 Å². The molecule has 0 atom stereocenters. The Bertz CT molecular complexity index is 499. The highest BCUT2D eigenvalue weighted by Crippen LogP contribution is 2.14. The molecule has 0 aliphatic rings. The number of nitrogens with zero attached hydrogens (tertiary/aromatic N) is 1. The fourth-order valence-electron chi connectivity index (χ4n) is 1.26. The molecular weight excluding hydrogens is 282 g/mol. The van der Waals surface area contributed by atoms with Crippen LogP contribution in [0.15, 0.2) is 53.3 Å². The molecule has 5 heteroatoms. The molecule has 0 aliphatic heterocycles.